The molecule has 2 aromatic carbocycles. The Balaban J connectivity index is 1.27. The smallest absolute Gasteiger partial charge is 0.379 e. The van der Waals surface area contributed by atoms with Crippen molar-refractivity contribution in [2.75, 3.05) is 54.5 Å². The van der Waals surface area contributed by atoms with Crippen LogP contribution in [0, 0.1) is 0 Å². The van der Waals surface area contributed by atoms with Crippen molar-refractivity contribution in [3.63, 3.8) is 0 Å². The maximum atomic E-state index is 13.6. The molecule has 1 aromatic heterocycles. The van der Waals surface area contributed by atoms with Gasteiger partial charge in [-0.2, -0.15) is 13.2 Å². The first-order chi connectivity index (χ1) is 18.3. The average Bonchev–Trinajstić information content (AvgIpc) is 3.33. The highest BCUT2D eigenvalue weighted by molar-refractivity contribution is 6.04. The summed E-state index contributed by atoms with van der Waals surface area (Å²) in [5.41, 5.74) is 2.61. The van der Waals surface area contributed by atoms with Crippen molar-refractivity contribution < 1.29 is 22.7 Å². The van der Waals surface area contributed by atoms with Gasteiger partial charge in [-0.1, -0.05) is 24.3 Å². The van der Waals surface area contributed by atoms with Gasteiger partial charge in [-0.05, 0) is 48.4 Å². The van der Waals surface area contributed by atoms with Crippen LogP contribution in [0.1, 0.15) is 17.5 Å². The van der Waals surface area contributed by atoms with Crippen molar-refractivity contribution in [1.82, 2.24) is 9.88 Å². The SMILES string of the molecule is O=C(Nc1cccc(CN2CCOCC2)c1)N1c2nc(-c3cccc(C(F)(F)F)c3)ccc2N2CC[C@H]1C2. The first kappa shape index (κ1) is 24.7. The number of rotatable bonds is 4. The Kier molecular flexibility index (Phi) is 6.45. The van der Waals surface area contributed by atoms with Crippen molar-refractivity contribution in [1.29, 1.82) is 0 Å². The van der Waals surface area contributed by atoms with E-state index in [1.165, 1.54) is 6.07 Å². The van der Waals surface area contributed by atoms with E-state index in [-0.39, 0.29) is 12.1 Å². The van der Waals surface area contributed by atoms with Gasteiger partial charge in [0, 0.05) is 44.0 Å². The number of urea groups is 1. The van der Waals surface area contributed by atoms with Gasteiger partial charge in [0.25, 0.3) is 0 Å². The van der Waals surface area contributed by atoms with Gasteiger partial charge in [0.1, 0.15) is 0 Å². The number of nitrogens with one attached hydrogen (secondary N) is 1. The molecule has 2 fully saturated rings. The number of pyridine rings is 1. The van der Waals surface area contributed by atoms with E-state index in [2.05, 4.69) is 15.1 Å². The predicted octanol–water partition coefficient (Wildman–Crippen LogP) is 5.23. The fraction of sp³-hybridized carbons (Fsp3) is 0.357. The number of halogens is 3. The maximum Gasteiger partial charge on any atom is 0.416 e. The van der Waals surface area contributed by atoms with E-state index in [4.69, 9.17) is 9.72 Å². The van der Waals surface area contributed by atoms with E-state index < -0.39 is 11.7 Å². The molecule has 0 aliphatic carbocycles. The molecule has 2 saturated heterocycles. The number of carbonyl (C=O) groups excluding carboxylic acids is 1. The lowest BCUT2D eigenvalue weighted by molar-refractivity contribution is -0.137. The number of benzene rings is 2. The van der Waals surface area contributed by atoms with Crippen LogP contribution in [0.5, 0.6) is 0 Å². The second-order valence-electron chi connectivity index (χ2n) is 9.90. The van der Waals surface area contributed by atoms with Gasteiger partial charge in [0.2, 0.25) is 0 Å². The van der Waals surface area contributed by atoms with E-state index in [1.54, 1.807) is 17.0 Å². The molecule has 0 radical (unpaired) electrons. The summed E-state index contributed by atoms with van der Waals surface area (Å²) in [6, 6.07) is 16.1. The molecule has 2 amide bonds. The topological polar surface area (TPSA) is 60.9 Å². The van der Waals surface area contributed by atoms with E-state index in [0.29, 0.717) is 29.3 Å². The number of amides is 2. The second-order valence-corrected chi connectivity index (χ2v) is 9.90. The minimum atomic E-state index is -4.45. The molecule has 2 bridgehead atoms. The van der Waals surface area contributed by atoms with Gasteiger partial charge in [-0.25, -0.2) is 9.78 Å². The largest absolute Gasteiger partial charge is 0.416 e. The van der Waals surface area contributed by atoms with E-state index in [9.17, 15) is 18.0 Å². The maximum absolute atomic E-state index is 13.6. The minimum absolute atomic E-state index is 0.0664. The first-order valence-electron chi connectivity index (χ1n) is 12.8. The second kappa shape index (κ2) is 9.92. The van der Waals surface area contributed by atoms with Gasteiger partial charge >= 0.3 is 12.2 Å². The minimum Gasteiger partial charge on any atom is -0.379 e. The first-order valence-corrected chi connectivity index (χ1v) is 12.8. The van der Waals surface area contributed by atoms with Crippen molar-refractivity contribution >= 4 is 23.2 Å². The van der Waals surface area contributed by atoms with Crippen molar-refractivity contribution in [2.45, 2.75) is 25.2 Å². The third-order valence-electron chi connectivity index (χ3n) is 7.34. The highest BCUT2D eigenvalue weighted by atomic mass is 19.4. The predicted molar refractivity (Wildman–Crippen MR) is 139 cm³/mol. The quantitative estimate of drug-likeness (QED) is 0.508. The number of carbonyl (C=O) groups is 1. The molecule has 7 nitrogen and oxygen atoms in total. The molecule has 0 unspecified atom stereocenters. The highest BCUT2D eigenvalue weighted by Crippen LogP contribution is 2.41. The van der Waals surface area contributed by atoms with Gasteiger partial charge in [0.05, 0.1) is 36.2 Å². The van der Waals surface area contributed by atoms with Gasteiger partial charge in [-0.3, -0.25) is 9.80 Å². The van der Waals surface area contributed by atoms with Crippen LogP contribution in [0.25, 0.3) is 11.3 Å². The summed E-state index contributed by atoms with van der Waals surface area (Å²) < 4.78 is 45.3. The molecule has 0 saturated carbocycles. The lowest BCUT2D eigenvalue weighted by atomic mass is 10.1. The Labute approximate surface area is 218 Å². The third-order valence-corrected chi connectivity index (χ3v) is 7.34. The average molecular weight is 524 g/mol. The molecule has 6 rings (SSSR count). The lowest BCUT2D eigenvalue weighted by Gasteiger charge is -2.36. The molecular formula is C28H28F3N5O2. The van der Waals surface area contributed by atoms with E-state index >= 15 is 0 Å². The Bertz CT molecular complexity index is 1340. The summed E-state index contributed by atoms with van der Waals surface area (Å²) in [6.07, 6.45) is -3.66. The summed E-state index contributed by atoms with van der Waals surface area (Å²) in [4.78, 5) is 24.5. The molecule has 3 aromatic rings. The van der Waals surface area contributed by atoms with Crippen LogP contribution in [0.15, 0.2) is 60.7 Å². The number of aromatic nitrogens is 1. The fourth-order valence-corrected chi connectivity index (χ4v) is 5.44. The number of alkyl halides is 3. The van der Waals surface area contributed by atoms with Crippen LogP contribution < -0.4 is 15.1 Å². The van der Waals surface area contributed by atoms with Gasteiger partial charge in [0.15, 0.2) is 5.82 Å². The molecule has 1 N–H and O–H groups in total. The molecule has 3 aliphatic rings. The number of hydrogen-bond donors (Lipinski definition) is 1. The summed E-state index contributed by atoms with van der Waals surface area (Å²) in [6.45, 7) is 5.46. The van der Waals surface area contributed by atoms with Crippen LogP contribution in [-0.2, 0) is 17.5 Å². The molecule has 3 aliphatic heterocycles. The number of anilines is 3. The molecule has 0 spiro atoms. The number of hydrogen-bond acceptors (Lipinski definition) is 5. The standard InChI is InChI=1S/C28H28F3N5O2/c29-28(30,31)21-5-2-4-20(16-21)24-7-8-25-26(33-24)36(23-9-10-35(25)18-23)27(37)32-22-6-1-3-19(15-22)17-34-11-13-38-14-12-34/h1-8,15-16,23H,9-14,17-18H2,(H,32,37)/t23-/m0/s1. The Morgan fingerprint density at radius 2 is 1.84 bits per heavy atom. The molecular weight excluding hydrogens is 495 g/mol. The molecule has 198 valence electrons. The third kappa shape index (κ3) is 4.93. The molecule has 4 heterocycles. The number of nitrogens with zero attached hydrogens (tertiary/aromatic N) is 4. The van der Waals surface area contributed by atoms with Crippen molar-refractivity contribution in [3.8, 4) is 11.3 Å². The normalized spacial score (nSPS) is 19.4. The van der Waals surface area contributed by atoms with Crippen molar-refractivity contribution in [3.05, 3.63) is 71.8 Å². The lowest BCUT2D eigenvalue weighted by Crippen LogP contribution is -2.48. The monoisotopic (exact) mass is 523 g/mol. The zero-order chi connectivity index (χ0) is 26.3. The number of ether oxygens (including phenoxy) is 1. The molecule has 10 heteroatoms. The van der Waals surface area contributed by atoms with E-state index in [0.717, 1.165) is 69.2 Å². The summed E-state index contributed by atoms with van der Waals surface area (Å²) in [7, 11) is 0. The summed E-state index contributed by atoms with van der Waals surface area (Å²) >= 11 is 0. The van der Waals surface area contributed by atoms with Crippen molar-refractivity contribution in [2.24, 2.45) is 0 Å². The van der Waals surface area contributed by atoms with Crippen LogP contribution in [0.2, 0.25) is 0 Å². The van der Waals surface area contributed by atoms with E-state index in [1.807, 2.05) is 30.3 Å². The fourth-order valence-electron chi connectivity index (χ4n) is 5.44. The Morgan fingerprint density at radius 1 is 1.03 bits per heavy atom. The van der Waals surface area contributed by atoms with Crippen LogP contribution in [0.3, 0.4) is 0 Å². The Hall–Kier alpha value is -3.63. The van der Waals surface area contributed by atoms with Crippen LogP contribution in [-0.4, -0.2) is 61.3 Å². The molecule has 1 atom stereocenters. The molecule has 38 heavy (non-hydrogen) atoms. The zero-order valence-electron chi connectivity index (χ0n) is 20.7. The zero-order valence-corrected chi connectivity index (χ0v) is 20.7. The Morgan fingerprint density at radius 3 is 2.66 bits per heavy atom. The highest BCUT2D eigenvalue weighted by Gasteiger charge is 2.40. The number of morpholine rings is 1. The van der Waals surface area contributed by atoms with Gasteiger partial charge < -0.3 is 15.0 Å². The summed E-state index contributed by atoms with van der Waals surface area (Å²) in [5.74, 6) is 0.468. The van der Waals surface area contributed by atoms with Gasteiger partial charge in [-0.15, -0.1) is 0 Å². The number of fused-ring (bicyclic) bond motifs is 4. The van der Waals surface area contributed by atoms with Crippen LogP contribution >= 0.6 is 0 Å². The summed E-state index contributed by atoms with van der Waals surface area (Å²) in [5, 5.41) is 3.04. The van der Waals surface area contributed by atoms with Crippen LogP contribution in [0.4, 0.5) is 35.2 Å².